The predicted octanol–water partition coefficient (Wildman–Crippen LogP) is 2.99. The van der Waals surface area contributed by atoms with E-state index >= 15 is 0 Å². The summed E-state index contributed by atoms with van der Waals surface area (Å²) in [6.07, 6.45) is 3.60. The van der Waals surface area contributed by atoms with E-state index < -0.39 is 0 Å². The van der Waals surface area contributed by atoms with Crippen LogP contribution < -0.4 is 4.74 Å². The molecule has 0 aliphatic heterocycles. The van der Waals surface area contributed by atoms with Crippen LogP contribution >= 0.6 is 0 Å². The van der Waals surface area contributed by atoms with E-state index in [0.717, 1.165) is 18.4 Å². The summed E-state index contributed by atoms with van der Waals surface area (Å²) in [5.74, 6) is 0.336. The maximum atomic E-state index is 11.5. The van der Waals surface area contributed by atoms with Crippen molar-refractivity contribution in [3.8, 4) is 5.75 Å². The highest BCUT2D eigenvalue weighted by Crippen LogP contribution is 2.19. The monoisotopic (exact) mass is 234 g/mol. The van der Waals surface area contributed by atoms with E-state index in [1.54, 1.807) is 12.1 Å². The van der Waals surface area contributed by atoms with Crippen LogP contribution in [0.4, 0.5) is 0 Å². The lowest BCUT2D eigenvalue weighted by molar-refractivity contribution is 0.0600. The number of hydrogen-bond acceptors (Lipinski definition) is 3. The molecule has 1 rings (SSSR count). The van der Waals surface area contributed by atoms with Crippen LogP contribution in [-0.2, 0) is 11.2 Å². The molecule has 3 heteroatoms. The summed E-state index contributed by atoms with van der Waals surface area (Å²) in [5, 5.41) is 0. The zero-order valence-corrected chi connectivity index (χ0v) is 10.4. The number of aryl methyl sites for hydroxylation is 1. The highest BCUT2D eigenvalue weighted by molar-refractivity contribution is 5.90. The molecule has 17 heavy (non-hydrogen) atoms. The van der Waals surface area contributed by atoms with Crippen LogP contribution in [0.5, 0.6) is 5.75 Å². The largest absolute Gasteiger partial charge is 0.490 e. The Morgan fingerprint density at radius 3 is 2.76 bits per heavy atom. The van der Waals surface area contributed by atoms with Crippen LogP contribution in [-0.4, -0.2) is 19.7 Å². The molecule has 0 heterocycles. The minimum absolute atomic E-state index is 0.341. The lowest BCUT2D eigenvalue weighted by Gasteiger charge is -2.08. The van der Waals surface area contributed by atoms with E-state index in [0.29, 0.717) is 17.9 Å². The Kier molecular flexibility index (Phi) is 5.27. The van der Waals surface area contributed by atoms with Gasteiger partial charge in [-0.2, -0.15) is 0 Å². The second-order valence-corrected chi connectivity index (χ2v) is 3.71. The topological polar surface area (TPSA) is 35.5 Å². The fourth-order valence-corrected chi connectivity index (χ4v) is 1.57. The van der Waals surface area contributed by atoms with Crippen molar-refractivity contribution in [2.45, 2.75) is 19.8 Å². The number of rotatable bonds is 6. The van der Waals surface area contributed by atoms with Gasteiger partial charge in [-0.05, 0) is 30.2 Å². The molecular weight excluding hydrogens is 216 g/mol. The first-order valence-electron chi connectivity index (χ1n) is 5.67. The molecule has 0 radical (unpaired) electrons. The van der Waals surface area contributed by atoms with Gasteiger partial charge >= 0.3 is 5.97 Å². The first-order chi connectivity index (χ1) is 8.21. The van der Waals surface area contributed by atoms with E-state index in [9.17, 15) is 4.79 Å². The van der Waals surface area contributed by atoms with Gasteiger partial charge in [0.25, 0.3) is 0 Å². The molecule has 92 valence electrons. The van der Waals surface area contributed by atoms with Crippen molar-refractivity contribution in [2.24, 2.45) is 0 Å². The Hall–Kier alpha value is -1.77. The van der Waals surface area contributed by atoms with Crippen molar-refractivity contribution in [3.05, 3.63) is 42.0 Å². The number of methoxy groups -OCH3 is 1. The standard InChI is InChI=1S/C14H18O3/c1-4-6-11-8-12(14(15)16-3)10-13(9-11)17-7-5-2/h5,8-10H,2,4,6-7H2,1,3H3. The summed E-state index contributed by atoms with van der Waals surface area (Å²) in [7, 11) is 1.37. The fraction of sp³-hybridized carbons (Fsp3) is 0.357. The number of carbonyl (C=O) groups excluding carboxylic acids is 1. The lowest BCUT2D eigenvalue weighted by Crippen LogP contribution is -2.04. The molecule has 0 atom stereocenters. The van der Waals surface area contributed by atoms with Gasteiger partial charge in [-0.1, -0.05) is 26.0 Å². The first-order valence-corrected chi connectivity index (χ1v) is 5.67. The minimum Gasteiger partial charge on any atom is -0.490 e. The number of hydrogen-bond donors (Lipinski definition) is 0. The van der Waals surface area contributed by atoms with Gasteiger partial charge in [0.1, 0.15) is 12.4 Å². The molecule has 0 saturated carbocycles. The van der Waals surface area contributed by atoms with Crippen LogP contribution in [0.3, 0.4) is 0 Å². The Bertz CT molecular complexity index is 396. The average molecular weight is 234 g/mol. The van der Waals surface area contributed by atoms with Crippen LogP contribution in [0.2, 0.25) is 0 Å². The van der Waals surface area contributed by atoms with Gasteiger partial charge in [-0.3, -0.25) is 0 Å². The van der Waals surface area contributed by atoms with Crippen molar-refractivity contribution in [1.29, 1.82) is 0 Å². The average Bonchev–Trinajstić information content (AvgIpc) is 2.35. The normalized spacial score (nSPS) is 9.76. The van der Waals surface area contributed by atoms with Gasteiger partial charge in [-0.25, -0.2) is 4.79 Å². The predicted molar refractivity (Wildman–Crippen MR) is 67.5 cm³/mol. The van der Waals surface area contributed by atoms with Crippen LogP contribution in [0.15, 0.2) is 30.9 Å². The fourth-order valence-electron chi connectivity index (χ4n) is 1.57. The van der Waals surface area contributed by atoms with E-state index in [-0.39, 0.29) is 5.97 Å². The zero-order valence-electron chi connectivity index (χ0n) is 10.4. The molecule has 0 aliphatic carbocycles. The molecule has 0 fully saturated rings. The van der Waals surface area contributed by atoms with Gasteiger partial charge in [0.05, 0.1) is 12.7 Å². The molecule has 0 N–H and O–H groups in total. The Balaban J connectivity index is 2.99. The van der Waals surface area contributed by atoms with Crippen LogP contribution in [0.25, 0.3) is 0 Å². The van der Waals surface area contributed by atoms with Gasteiger partial charge < -0.3 is 9.47 Å². The summed E-state index contributed by atoms with van der Waals surface area (Å²) in [5.41, 5.74) is 1.60. The highest BCUT2D eigenvalue weighted by atomic mass is 16.5. The van der Waals surface area contributed by atoms with Crippen molar-refractivity contribution >= 4 is 5.97 Å². The van der Waals surface area contributed by atoms with E-state index in [2.05, 4.69) is 13.5 Å². The van der Waals surface area contributed by atoms with Crippen LogP contribution in [0, 0.1) is 0 Å². The number of ether oxygens (including phenoxy) is 2. The molecule has 1 aromatic carbocycles. The SMILES string of the molecule is C=CCOc1cc(CCC)cc(C(=O)OC)c1. The molecular formula is C14H18O3. The minimum atomic E-state index is -0.341. The van der Waals surface area contributed by atoms with Gasteiger partial charge in [0.2, 0.25) is 0 Å². The van der Waals surface area contributed by atoms with Gasteiger partial charge in [0, 0.05) is 0 Å². The molecule has 0 aromatic heterocycles. The maximum Gasteiger partial charge on any atom is 0.337 e. The molecule has 1 aromatic rings. The molecule has 0 unspecified atom stereocenters. The molecule has 0 bridgehead atoms. The molecule has 3 nitrogen and oxygen atoms in total. The second-order valence-electron chi connectivity index (χ2n) is 3.71. The number of benzene rings is 1. The van der Waals surface area contributed by atoms with Crippen molar-refractivity contribution in [3.63, 3.8) is 0 Å². The molecule has 0 saturated heterocycles. The lowest BCUT2D eigenvalue weighted by atomic mass is 10.1. The first kappa shape index (κ1) is 13.3. The third-order valence-electron chi connectivity index (χ3n) is 2.29. The summed E-state index contributed by atoms with van der Waals surface area (Å²) in [6, 6.07) is 5.48. The summed E-state index contributed by atoms with van der Waals surface area (Å²) in [4.78, 5) is 11.5. The number of esters is 1. The van der Waals surface area contributed by atoms with E-state index in [4.69, 9.17) is 9.47 Å². The Morgan fingerprint density at radius 1 is 1.41 bits per heavy atom. The third kappa shape index (κ3) is 3.94. The highest BCUT2D eigenvalue weighted by Gasteiger charge is 2.09. The van der Waals surface area contributed by atoms with E-state index in [1.165, 1.54) is 7.11 Å². The van der Waals surface area contributed by atoms with Crippen molar-refractivity contribution < 1.29 is 14.3 Å². The summed E-state index contributed by atoms with van der Waals surface area (Å²) < 4.78 is 10.2. The van der Waals surface area contributed by atoms with Gasteiger partial charge in [0.15, 0.2) is 0 Å². The molecule has 0 amide bonds. The Morgan fingerprint density at radius 2 is 2.18 bits per heavy atom. The maximum absolute atomic E-state index is 11.5. The molecule has 0 spiro atoms. The smallest absolute Gasteiger partial charge is 0.337 e. The van der Waals surface area contributed by atoms with E-state index in [1.807, 2.05) is 12.1 Å². The summed E-state index contributed by atoms with van der Waals surface area (Å²) >= 11 is 0. The third-order valence-corrected chi connectivity index (χ3v) is 2.29. The molecule has 0 aliphatic rings. The van der Waals surface area contributed by atoms with Crippen molar-refractivity contribution in [1.82, 2.24) is 0 Å². The zero-order chi connectivity index (χ0) is 12.7. The summed E-state index contributed by atoms with van der Waals surface area (Å²) in [6.45, 7) is 6.11. The quantitative estimate of drug-likeness (QED) is 0.560. The second kappa shape index (κ2) is 6.74. The Labute approximate surface area is 102 Å². The van der Waals surface area contributed by atoms with Gasteiger partial charge in [-0.15, -0.1) is 0 Å². The van der Waals surface area contributed by atoms with Crippen LogP contribution in [0.1, 0.15) is 29.3 Å². The van der Waals surface area contributed by atoms with Crippen molar-refractivity contribution in [2.75, 3.05) is 13.7 Å². The number of carbonyl (C=O) groups is 1.